The minimum absolute atomic E-state index is 0.117. The minimum Gasteiger partial charge on any atom is -0.348 e. The van der Waals surface area contributed by atoms with Crippen LogP contribution in [0.25, 0.3) is 0 Å². The molecule has 6 heteroatoms. The molecule has 1 heterocycles. The molecule has 1 fully saturated rings. The molecular formula is C18H23FN4O. The van der Waals surface area contributed by atoms with Crippen LogP contribution in [0.2, 0.25) is 0 Å². The zero-order valence-corrected chi connectivity index (χ0v) is 14.1. The molecule has 0 saturated heterocycles. The van der Waals surface area contributed by atoms with E-state index in [1.165, 1.54) is 18.6 Å². The highest BCUT2D eigenvalue weighted by molar-refractivity contribution is 5.92. The van der Waals surface area contributed by atoms with E-state index in [4.69, 9.17) is 0 Å². The molecule has 5 nitrogen and oxygen atoms in total. The van der Waals surface area contributed by atoms with Crippen molar-refractivity contribution >= 4 is 5.91 Å². The quantitative estimate of drug-likeness (QED) is 0.935. The highest BCUT2D eigenvalue weighted by atomic mass is 19.1. The van der Waals surface area contributed by atoms with E-state index >= 15 is 0 Å². The monoisotopic (exact) mass is 330 g/mol. The van der Waals surface area contributed by atoms with Gasteiger partial charge < -0.3 is 5.32 Å². The number of benzene rings is 1. The Morgan fingerprint density at radius 2 is 2.00 bits per heavy atom. The lowest BCUT2D eigenvalue weighted by atomic mass is 9.86. The number of aromatic nitrogens is 3. The molecule has 0 spiro atoms. The van der Waals surface area contributed by atoms with Gasteiger partial charge in [-0.2, -0.15) is 0 Å². The summed E-state index contributed by atoms with van der Waals surface area (Å²) in [6, 6.07) is 6.36. The smallest absolute Gasteiger partial charge is 0.273 e. The number of amides is 1. The maximum atomic E-state index is 13.0. The van der Waals surface area contributed by atoms with Crippen molar-refractivity contribution in [3.05, 3.63) is 47.5 Å². The van der Waals surface area contributed by atoms with Crippen LogP contribution in [0.1, 0.15) is 61.6 Å². The third kappa shape index (κ3) is 3.63. The van der Waals surface area contributed by atoms with Crippen molar-refractivity contribution in [1.82, 2.24) is 20.3 Å². The molecule has 1 amide bonds. The highest BCUT2D eigenvalue weighted by Gasteiger charge is 2.24. The first-order valence-corrected chi connectivity index (χ1v) is 8.53. The van der Waals surface area contributed by atoms with Crippen LogP contribution in [0.4, 0.5) is 4.39 Å². The van der Waals surface area contributed by atoms with Gasteiger partial charge in [-0.3, -0.25) is 4.79 Å². The predicted molar refractivity (Wildman–Crippen MR) is 89.1 cm³/mol. The summed E-state index contributed by atoms with van der Waals surface area (Å²) in [6.07, 6.45) is 6.21. The number of nitrogens with one attached hydrogen (secondary N) is 1. The second-order valence-corrected chi connectivity index (χ2v) is 6.65. The summed E-state index contributed by atoms with van der Waals surface area (Å²) < 4.78 is 14.7. The van der Waals surface area contributed by atoms with E-state index < -0.39 is 0 Å². The number of hydrogen-bond acceptors (Lipinski definition) is 3. The van der Waals surface area contributed by atoms with Gasteiger partial charge in [0.2, 0.25) is 0 Å². The Morgan fingerprint density at radius 1 is 1.29 bits per heavy atom. The van der Waals surface area contributed by atoms with Crippen molar-refractivity contribution in [1.29, 1.82) is 0 Å². The molecule has 24 heavy (non-hydrogen) atoms. The number of carbonyl (C=O) groups is 1. The van der Waals surface area contributed by atoms with Crippen molar-refractivity contribution in [2.75, 3.05) is 0 Å². The van der Waals surface area contributed by atoms with E-state index in [0.717, 1.165) is 24.8 Å². The second kappa shape index (κ2) is 7.11. The summed E-state index contributed by atoms with van der Waals surface area (Å²) in [5, 5.41) is 11.1. The van der Waals surface area contributed by atoms with Crippen LogP contribution < -0.4 is 5.32 Å². The molecule has 1 N–H and O–H groups in total. The van der Waals surface area contributed by atoms with E-state index in [1.807, 2.05) is 6.92 Å². The van der Waals surface area contributed by atoms with Crippen LogP contribution in [-0.2, 0) is 0 Å². The van der Waals surface area contributed by atoms with Gasteiger partial charge in [0.1, 0.15) is 5.82 Å². The first-order valence-electron chi connectivity index (χ1n) is 8.53. The van der Waals surface area contributed by atoms with Gasteiger partial charge in [-0.15, -0.1) is 5.10 Å². The maximum Gasteiger partial charge on any atom is 0.273 e. The summed E-state index contributed by atoms with van der Waals surface area (Å²) in [5.74, 6) is 0.0494. The van der Waals surface area contributed by atoms with E-state index in [1.54, 1.807) is 23.0 Å². The first-order chi connectivity index (χ1) is 11.5. The van der Waals surface area contributed by atoms with Gasteiger partial charge >= 0.3 is 0 Å². The molecule has 1 aromatic heterocycles. The molecule has 1 aliphatic rings. The highest BCUT2D eigenvalue weighted by Crippen LogP contribution is 2.24. The number of rotatable bonds is 4. The van der Waals surface area contributed by atoms with Crippen molar-refractivity contribution in [3.8, 4) is 0 Å². The molecule has 1 aromatic carbocycles. The first kappa shape index (κ1) is 16.6. The summed E-state index contributed by atoms with van der Waals surface area (Å²) in [5.41, 5.74) is 1.23. The summed E-state index contributed by atoms with van der Waals surface area (Å²) in [7, 11) is 0. The maximum absolute atomic E-state index is 13.0. The Labute approximate surface area is 141 Å². The van der Waals surface area contributed by atoms with Gasteiger partial charge in [0.15, 0.2) is 5.69 Å². The minimum atomic E-state index is -0.272. The summed E-state index contributed by atoms with van der Waals surface area (Å²) in [6.45, 7) is 4.12. The Balaban J connectivity index is 1.68. The fourth-order valence-corrected chi connectivity index (χ4v) is 3.24. The van der Waals surface area contributed by atoms with Gasteiger partial charge in [-0.25, -0.2) is 9.07 Å². The molecule has 3 rings (SSSR count). The molecular weight excluding hydrogens is 307 g/mol. The second-order valence-electron chi connectivity index (χ2n) is 6.65. The zero-order valence-electron chi connectivity index (χ0n) is 14.1. The molecule has 0 radical (unpaired) electrons. The van der Waals surface area contributed by atoms with Crippen molar-refractivity contribution in [2.24, 2.45) is 5.92 Å². The van der Waals surface area contributed by atoms with Crippen molar-refractivity contribution < 1.29 is 9.18 Å². The molecule has 2 aromatic rings. The Morgan fingerprint density at radius 3 is 2.71 bits per heavy atom. The normalized spacial score (nSPS) is 22.1. The van der Waals surface area contributed by atoms with Gasteiger partial charge in [0.05, 0.1) is 12.2 Å². The Hall–Kier alpha value is -2.24. The van der Waals surface area contributed by atoms with Gasteiger partial charge in [-0.05, 0) is 43.4 Å². The van der Waals surface area contributed by atoms with Crippen LogP contribution in [0.5, 0.6) is 0 Å². The van der Waals surface area contributed by atoms with Crippen molar-refractivity contribution in [3.63, 3.8) is 0 Å². The van der Waals surface area contributed by atoms with Crippen LogP contribution in [0.3, 0.4) is 0 Å². The van der Waals surface area contributed by atoms with Crippen LogP contribution in [0, 0.1) is 11.7 Å². The molecule has 3 atom stereocenters. The number of carbonyl (C=O) groups excluding carboxylic acids is 1. The third-order valence-corrected chi connectivity index (χ3v) is 4.92. The predicted octanol–water partition coefficient (Wildman–Crippen LogP) is 3.34. The topological polar surface area (TPSA) is 59.8 Å². The number of nitrogens with zero attached hydrogens (tertiary/aromatic N) is 3. The lowest BCUT2D eigenvalue weighted by molar-refractivity contribution is 0.0905. The number of hydrogen-bond donors (Lipinski definition) is 1. The van der Waals surface area contributed by atoms with Crippen LogP contribution >= 0.6 is 0 Å². The average Bonchev–Trinajstić information content (AvgIpc) is 3.07. The average molecular weight is 330 g/mol. The Kier molecular flexibility index (Phi) is 4.92. The SMILES string of the molecule is C[C@@H]1CCCC[C@H]1NC(=O)c1cn([C@@H](C)c2ccc(F)cc2)nn1. The van der Waals surface area contributed by atoms with E-state index in [-0.39, 0.29) is 23.8 Å². The lowest BCUT2D eigenvalue weighted by Gasteiger charge is -2.29. The Bertz CT molecular complexity index is 697. The number of halogens is 1. The van der Waals surface area contributed by atoms with Crippen LogP contribution in [-0.4, -0.2) is 26.9 Å². The van der Waals surface area contributed by atoms with Crippen LogP contribution in [0.15, 0.2) is 30.5 Å². The van der Waals surface area contributed by atoms with E-state index in [2.05, 4.69) is 22.6 Å². The van der Waals surface area contributed by atoms with Gasteiger partial charge in [-0.1, -0.05) is 37.1 Å². The molecule has 0 unspecified atom stereocenters. The fraction of sp³-hybridized carbons (Fsp3) is 0.500. The van der Waals surface area contributed by atoms with Gasteiger partial charge in [0.25, 0.3) is 5.91 Å². The molecule has 1 aliphatic carbocycles. The summed E-state index contributed by atoms with van der Waals surface area (Å²) >= 11 is 0. The molecule has 1 saturated carbocycles. The molecule has 128 valence electrons. The fourth-order valence-electron chi connectivity index (χ4n) is 3.24. The van der Waals surface area contributed by atoms with Gasteiger partial charge in [0, 0.05) is 6.04 Å². The largest absolute Gasteiger partial charge is 0.348 e. The van der Waals surface area contributed by atoms with E-state index in [9.17, 15) is 9.18 Å². The lowest BCUT2D eigenvalue weighted by Crippen LogP contribution is -2.41. The van der Waals surface area contributed by atoms with Crippen molar-refractivity contribution in [2.45, 2.75) is 51.6 Å². The van der Waals surface area contributed by atoms with E-state index in [0.29, 0.717) is 11.6 Å². The standard InChI is InChI=1S/C18H23FN4O/c1-12-5-3-4-6-16(12)20-18(24)17-11-23(22-21-17)13(2)14-7-9-15(19)10-8-14/h7-13,16H,3-6H2,1-2H3,(H,20,24)/t12-,13+,16-/m1/s1. The molecule has 0 bridgehead atoms. The summed E-state index contributed by atoms with van der Waals surface area (Å²) in [4.78, 5) is 12.4. The molecule has 0 aliphatic heterocycles. The third-order valence-electron chi connectivity index (χ3n) is 4.92. The zero-order chi connectivity index (χ0) is 17.1.